The Morgan fingerprint density at radius 1 is 1.06 bits per heavy atom. The van der Waals surface area contributed by atoms with Crippen LogP contribution in [0.3, 0.4) is 0 Å². The van der Waals surface area contributed by atoms with Crippen LogP contribution in [0.2, 0.25) is 0 Å². The fraction of sp³-hybridized carbons (Fsp3) is 0.600. The number of hydrogen-bond donors (Lipinski definition) is 1. The number of unbranched alkanes of at least 4 members (excludes halogenated alkanes) is 4. The first kappa shape index (κ1) is 27.9. The lowest BCUT2D eigenvalue weighted by Crippen LogP contribution is -2.41. The number of rotatable bonds is 16. The van der Waals surface area contributed by atoms with Crippen LogP contribution < -0.4 is 26.0 Å². The van der Waals surface area contributed by atoms with Crippen LogP contribution in [0.4, 0.5) is 5.82 Å². The van der Waals surface area contributed by atoms with Gasteiger partial charge in [-0.15, -0.1) is 5.10 Å². The molecule has 194 valence electrons. The average molecular weight is 491 g/mol. The van der Waals surface area contributed by atoms with Gasteiger partial charge in [-0.3, -0.25) is 14.2 Å². The van der Waals surface area contributed by atoms with E-state index < -0.39 is 11.2 Å². The van der Waals surface area contributed by atoms with Gasteiger partial charge in [0.1, 0.15) is 30.8 Å². The monoisotopic (exact) mass is 490 g/mol. The summed E-state index contributed by atoms with van der Waals surface area (Å²) in [6.45, 7) is 7.04. The third-order valence-electron chi connectivity index (χ3n) is 5.30. The smallest absolute Gasteiger partial charge is 0.347 e. The molecule has 10 heteroatoms. The maximum Gasteiger partial charge on any atom is 0.347 e. The van der Waals surface area contributed by atoms with Crippen LogP contribution in [0.15, 0.2) is 33.9 Å². The highest BCUT2D eigenvalue weighted by Gasteiger charge is 2.11. The minimum Gasteiger partial charge on any atom is -0.492 e. The van der Waals surface area contributed by atoms with E-state index in [1.165, 1.54) is 18.2 Å². The predicted octanol–water partition coefficient (Wildman–Crippen LogP) is 3.12. The number of nitrogens with zero attached hydrogens (tertiary/aromatic N) is 3. The summed E-state index contributed by atoms with van der Waals surface area (Å²) < 4.78 is 18.9. The molecule has 1 aromatic carbocycles. The van der Waals surface area contributed by atoms with E-state index in [-0.39, 0.29) is 24.5 Å². The van der Waals surface area contributed by atoms with Crippen molar-refractivity contribution in [3.05, 3.63) is 45.1 Å². The molecule has 2 rings (SSSR count). The summed E-state index contributed by atoms with van der Waals surface area (Å²) in [6.07, 6.45) is 5.39. The van der Waals surface area contributed by atoms with Crippen molar-refractivity contribution in [3.8, 4) is 11.5 Å². The highest BCUT2D eigenvalue weighted by molar-refractivity contribution is 5.68. The second-order valence-corrected chi connectivity index (χ2v) is 8.34. The first-order chi connectivity index (χ1) is 16.8. The first-order valence-electron chi connectivity index (χ1n) is 12.3. The Kier molecular flexibility index (Phi) is 11.9. The largest absolute Gasteiger partial charge is 0.492 e. The van der Waals surface area contributed by atoms with E-state index in [2.05, 4.69) is 17.3 Å². The number of benzene rings is 1. The number of aromatic nitrogens is 3. The van der Waals surface area contributed by atoms with Crippen molar-refractivity contribution >= 4 is 11.8 Å². The molecule has 0 fully saturated rings. The van der Waals surface area contributed by atoms with Gasteiger partial charge in [0.25, 0.3) is 5.56 Å². The van der Waals surface area contributed by atoms with E-state index in [1.807, 2.05) is 6.92 Å². The van der Waals surface area contributed by atoms with Crippen LogP contribution in [-0.2, 0) is 23.1 Å². The zero-order valence-corrected chi connectivity index (χ0v) is 21.2. The average Bonchev–Trinajstić information content (AvgIpc) is 2.86. The molecule has 0 saturated carbocycles. The Hall–Kier alpha value is -3.30. The molecule has 0 bridgehead atoms. The molecule has 0 amide bonds. The number of hydrogen-bond acceptors (Lipinski definition) is 8. The fourth-order valence-corrected chi connectivity index (χ4v) is 3.28. The Bertz CT molecular complexity index is 1030. The summed E-state index contributed by atoms with van der Waals surface area (Å²) in [5.41, 5.74) is -0.870. The molecule has 35 heavy (non-hydrogen) atoms. The fourth-order valence-electron chi connectivity index (χ4n) is 3.28. The van der Waals surface area contributed by atoms with Gasteiger partial charge >= 0.3 is 11.7 Å². The summed E-state index contributed by atoms with van der Waals surface area (Å²) in [6, 6.07) is 7.09. The van der Waals surface area contributed by atoms with Crippen molar-refractivity contribution in [1.82, 2.24) is 14.3 Å². The molecular formula is C25H38N4O6. The number of ether oxygens (including phenoxy) is 3. The third-order valence-corrected chi connectivity index (χ3v) is 5.30. The van der Waals surface area contributed by atoms with Crippen molar-refractivity contribution < 1.29 is 19.0 Å². The molecule has 2 aromatic rings. The second-order valence-electron chi connectivity index (χ2n) is 8.34. The van der Waals surface area contributed by atoms with E-state index >= 15 is 0 Å². The van der Waals surface area contributed by atoms with E-state index in [0.717, 1.165) is 30.3 Å². The number of esters is 1. The van der Waals surface area contributed by atoms with Gasteiger partial charge in [-0.05, 0) is 37.6 Å². The van der Waals surface area contributed by atoms with Gasteiger partial charge < -0.3 is 19.5 Å². The maximum atomic E-state index is 12.4. The van der Waals surface area contributed by atoms with E-state index in [4.69, 9.17) is 14.2 Å². The molecule has 1 unspecified atom stereocenters. The van der Waals surface area contributed by atoms with E-state index in [1.54, 1.807) is 31.2 Å². The number of anilines is 1. The molecule has 0 aliphatic heterocycles. The SMILES string of the molecule is CCCCCCCn1nc(NCCOc2ccc(OC(C)COC(=O)CC)cc2)c(=O)n(C)c1=O. The molecule has 0 radical (unpaired) electrons. The van der Waals surface area contributed by atoms with E-state index in [0.29, 0.717) is 37.6 Å². The minimum absolute atomic E-state index is 0.130. The first-order valence-corrected chi connectivity index (χ1v) is 12.3. The third kappa shape index (κ3) is 9.46. The zero-order chi connectivity index (χ0) is 25.6. The molecule has 10 nitrogen and oxygen atoms in total. The molecule has 1 heterocycles. The van der Waals surface area contributed by atoms with Gasteiger partial charge in [-0.2, -0.15) is 0 Å². The lowest BCUT2D eigenvalue weighted by Gasteiger charge is -2.15. The molecular weight excluding hydrogens is 452 g/mol. The summed E-state index contributed by atoms with van der Waals surface area (Å²) in [5, 5.41) is 7.19. The highest BCUT2D eigenvalue weighted by Crippen LogP contribution is 2.18. The molecule has 1 aromatic heterocycles. The van der Waals surface area contributed by atoms with Gasteiger partial charge in [-0.1, -0.05) is 39.5 Å². The Balaban J connectivity index is 1.81. The van der Waals surface area contributed by atoms with Crippen molar-refractivity contribution in [3.63, 3.8) is 0 Å². The van der Waals surface area contributed by atoms with Gasteiger partial charge in [0.2, 0.25) is 5.82 Å². The van der Waals surface area contributed by atoms with Crippen molar-refractivity contribution in [2.24, 2.45) is 7.05 Å². The quantitative estimate of drug-likeness (QED) is 0.282. The van der Waals surface area contributed by atoms with Crippen molar-refractivity contribution in [1.29, 1.82) is 0 Å². The standard InChI is InChI=1S/C25H38N4O6/c1-5-7-8-9-10-16-29-25(32)28(4)24(31)23(27-29)26-15-17-33-20-11-13-21(14-12-20)35-19(3)18-34-22(30)6-2/h11-14,19H,5-10,15-18H2,1-4H3,(H,26,27). The lowest BCUT2D eigenvalue weighted by atomic mass is 10.1. The van der Waals surface area contributed by atoms with Crippen LogP contribution >= 0.6 is 0 Å². The Labute approximate surface area is 206 Å². The summed E-state index contributed by atoms with van der Waals surface area (Å²) in [4.78, 5) is 36.0. The summed E-state index contributed by atoms with van der Waals surface area (Å²) >= 11 is 0. The maximum absolute atomic E-state index is 12.4. The number of carbonyl (C=O) groups is 1. The van der Waals surface area contributed by atoms with Gasteiger partial charge in [0.15, 0.2) is 0 Å². The van der Waals surface area contributed by atoms with Crippen LogP contribution in [0.5, 0.6) is 11.5 Å². The lowest BCUT2D eigenvalue weighted by molar-refractivity contribution is -0.145. The summed E-state index contributed by atoms with van der Waals surface area (Å²) in [7, 11) is 1.46. The normalized spacial score (nSPS) is 11.7. The number of carbonyl (C=O) groups excluding carboxylic acids is 1. The number of aryl methyl sites for hydroxylation is 1. The van der Waals surface area contributed by atoms with Crippen molar-refractivity contribution in [2.75, 3.05) is 25.1 Å². The summed E-state index contributed by atoms with van der Waals surface area (Å²) in [5.74, 6) is 1.15. The van der Waals surface area contributed by atoms with Crippen LogP contribution in [0.25, 0.3) is 0 Å². The Morgan fingerprint density at radius 3 is 2.43 bits per heavy atom. The minimum atomic E-state index is -0.461. The second kappa shape index (κ2) is 14.9. The zero-order valence-electron chi connectivity index (χ0n) is 21.2. The molecule has 1 N–H and O–H groups in total. The van der Waals surface area contributed by atoms with Crippen LogP contribution in [0, 0.1) is 0 Å². The van der Waals surface area contributed by atoms with Gasteiger partial charge in [0.05, 0.1) is 6.54 Å². The van der Waals surface area contributed by atoms with Crippen LogP contribution in [0.1, 0.15) is 59.3 Å². The van der Waals surface area contributed by atoms with E-state index in [9.17, 15) is 14.4 Å². The topological polar surface area (TPSA) is 114 Å². The molecule has 0 aliphatic rings. The highest BCUT2D eigenvalue weighted by atomic mass is 16.6. The molecule has 0 saturated heterocycles. The molecule has 0 spiro atoms. The van der Waals surface area contributed by atoms with Crippen LogP contribution in [-0.4, -0.2) is 46.2 Å². The van der Waals surface area contributed by atoms with Gasteiger partial charge in [-0.25, -0.2) is 9.48 Å². The molecule has 1 atom stereocenters. The number of nitrogens with one attached hydrogen (secondary N) is 1. The Morgan fingerprint density at radius 2 is 1.74 bits per heavy atom. The van der Waals surface area contributed by atoms with Gasteiger partial charge in [0, 0.05) is 20.0 Å². The predicted molar refractivity (Wildman–Crippen MR) is 134 cm³/mol. The van der Waals surface area contributed by atoms with Crippen molar-refractivity contribution in [2.45, 2.75) is 71.9 Å². The molecule has 0 aliphatic carbocycles.